The minimum Gasteiger partial charge on any atom is -0.341 e. The van der Waals surface area contributed by atoms with Crippen LogP contribution in [0.25, 0.3) is 0 Å². The molecule has 1 aromatic rings. The molecule has 1 aliphatic rings. The lowest BCUT2D eigenvalue weighted by Gasteiger charge is -2.19. The number of rotatable bonds is 3. The minimum absolute atomic E-state index is 0.171. The molecular formula is C9H15N5OS. The minimum atomic E-state index is 0.171. The summed E-state index contributed by atoms with van der Waals surface area (Å²) in [5.41, 5.74) is 0. The number of thioether (sulfide) groups is 1. The van der Waals surface area contributed by atoms with E-state index < -0.39 is 0 Å². The maximum absolute atomic E-state index is 11.9. The predicted molar refractivity (Wildman–Crippen MR) is 61.2 cm³/mol. The first-order valence-corrected chi connectivity index (χ1v) is 6.31. The van der Waals surface area contributed by atoms with E-state index in [1.807, 2.05) is 4.90 Å². The second-order valence-electron chi connectivity index (χ2n) is 3.56. The second kappa shape index (κ2) is 5.86. The molecule has 0 atom stereocenters. The van der Waals surface area contributed by atoms with Crippen molar-refractivity contribution in [3.8, 4) is 0 Å². The van der Waals surface area contributed by atoms with Gasteiger partial charge in [0.25, 0.3) is 0 Å². The molecule has 0 bridgehead atoms. The maximum Gasteiger partial charge on any atom is 0.233 e. The Bertz CT molecular complexity index is 321. The van der Waals surface area contributed by atoms with Crippen molar-refractivity contribution in [1.29, 1.82) is 0 Å². The van der Waals surface area contributed by atoms with Crippen LogP contribution in [0.2, 0.25) is 0 Å². The van der Waals surface area contributed by atoms with Gasteiger partial charge in [0.05, 0.1) is 5.75 Å². The van der Waals surface area contributed by atoms with Gasteiger partial charge in [0.1, 0.15) is 6.33 Å². The fraction of sp³-hybridized carbons (Fsp3) is 0.667. The Hall–Kier alpha value is -1.08. The summed E-state index contributed by atoms with van der Waals surface area (Å²) < 4.78 is 0. The number of carbonyl (C=O) groups excluding carboxylic acids is 1. The van der Waals surface area contributed by atoms with Crippen molar-refractivity contribution in [3.05, 3.63) is 6.33 Å². The van der Waals surface area contributed by atoms with Gasteiger partial charge in [0.15, 0.2) is 5.16 Å². The van der Waals surface area contributed by atoms with Crippen LogP contribution in [0.4, 0.5) is 0 Å². The highest BCUT2D eigenvalue weighted by Crippen LogP contribution is 2.11. The number of nitrogens with one attached hydrogen (secondary N) is 2. The third kappa shape index (κ3) is 3.21. The molecule has 6 nitrogen and oxygen atoms in total. The molecule has 1 aromatic heterocycles. The Kier molecular flexibility index (Phi) is 4.17. The SMILES string of the molecule is O=C(CSc1ncn[nH]1)N1CCCNCC1. The number of nitrogens with zero attached hydrogens (tertiary/aromatic N) is 3. The standard InChI is InChI=1S/C9H15N5OS/c15-8(6-16-9-11-7-12-13-9)14-4-1-2-10-3-5-14/h7,10H,1-6H2,(H,11,12,13). The van der Waals surface area contributed by atoms with E-state index in [2.05, 4.69) is 20.5 Å². The summed E-state index contributed by atoms with van der Waals surface area (Å²) in [6.07, 6.45) is 2.47. The molecular weight excluding hydrogens is 226 g/mol. The summed E-state index contributed by atoms with van der Waals surface area (Å²) in [6.45, 7) is 3.54. The summed E-state index contributed by atoms with van der Waals surface area (Å²) in [5, 5.41) is 10.4. The van der Waals surface area contributed by atoms with Crippen LogP contribution in [-0.2, 0) is 4.79 Å². The van der Waals surface area contributed by atoms with E-state index in [0.29, 0.717) is 10.9 Å². The normalized spacial score (nSPS) is 17.1. The quantitative estimate of drug-likeness (QED) is 0.712. The van der Waals surface area contributed by atoms with Crippen LogP contribution in [0.3, 0.4) is 0 Å². The zero-order chi connectivity index (χ0) is 11.2. The Morgan fingerprint density at radius 3 is 3.25 bits per heavy atom. The Morgan fingerprint density at radius 1 is 1.50 bits per heavy atom. The zero-order valence-electron chi connectivity index (χ0n) is 8.98. The van der Waals surface area contributed by atoms with Gasteiger partial charge in [0.2, 0.25) is 5.91 Å². The smallest absolute Gasteiger partial charge is 0.233 e. The number of aromatic nitrogens is 3. The molecule has 2 N–H and O–H groups in total. The summed E-state index contributed by atoms with van der Waals surface area (Å²) in [7, 11) is 0. The summed E-state index contributed by atoms with van der Waals surface area (Å²) in [5.74, 6) is 0.597. The van der Waals surface area contributed by atoms with Crippen LogP contribution in [0.5, 0.6) is 0 Å². The third-order valence-electron chi connectivity index (χ3n) is 2.42. The molecule has 0 aromatic carbocycles. The molecule has 0 radical (unpaired) electrons. The van der Waals surface area contributed by atoms with E-state index in [1.54, 1.807) is 0 Å². The van der Waals surface area contributed by atoms with Crippen molar-refractivity contribution in [2.24, 2.45) is 0 Å². The number of carbonyl (C=O) groups is 1. The van der Waals surface area contributed by atoms with Gasteiger partial charge in [-0.1, -0.05) is 11.8 Å². The van der Waals surface area contributed by atoms with Crippen molar-refractivity contribution in [3.63, 3.8) is 0 Å². The van der Waals surface area contributed by atoms with Gasteiger partial charge >= 0.3 is 0 Å². The molecule has 2 heterocycles. The number of H-pyrrole nitrogens is 1. The number of amides is 1. The van der Waals surface area contributed by atoms with Crippen LogP contribution in [0.15, 0.2) is 11.5 Å². The van der Waals surface area contributed by atoms with Gasteiger partial charge in [-0.25, -0.2) is 4.98 Å². The van der Waals surface area contributed by atoms with Gasteiger partial charge in [-0.15, -0.1) is 0 Å². The molecule has 1 amide bonds. The van der Waals surface area contributed by atoms with Crippen molar-refractivity contribution >= 4 is 17.7 Å². The van der Waals surface area contributed by atoms with E-state index >= 15 is 0 Å². The molecule has 1 fully saturated rings. The second-order valence-corrected chi connectivity index (χ2v) is 4.53. The molecule has 7 heteroatoms. The predicted octanol–water partition coefficient (Wildman–Crippen LogP) is -0.281. The lowest BCUT2D eigenvalue weighted by atomic mass is 10.4. The Labute approximate surface area is 98.2 Å². The van der Waals surface area contributed by atoms with Gasteiger partial charge in [-0.05, 0) is 13.0 Å². The maximum atomic E-state index is 11.9. The monoisotopic (exact) mass is 241 g/mol. The van der Waals surface area contributed by atoms with Crippen LogP contribution < -0.4 is 5.32 Å². The number of hydrogen-bond donors (Lipinski definition) is 2. The zero-order valence-corrected chi connectivity index (χ0v) is 9.79. The highest BCUT2D eigenvalue weighted by Gasteiger charge is 2.15. The van der Waals surface area contributed by atoms with E-state index in [-0.39, 0.29) is 5.91 Å². The topological polar surface area (TPSA) is 73.9 Å². The van der Waals surface area contributed by atoms with Crippen molar-refractivity contribution in [2.75, 3.05) is 31.9 Å². The van der Waals surface area contributed by atoms with Gasteiger partial charge in [-0.3, -0.25) is 9.89 Å². The van der Waals surface area contributed by atoms with Crippen molar-refractivity contribution in [1.82, 2.24) is 25.4 Å². The molecule has 2 rings (SSSR count). The highest BCUT2D eigenvalue weighted by atomic mass is 32.2. The van der Waals surface area contributed by atoms with Crippen LogP contribution in [0.1, 0.15) is 6.42 Å². The lowest BCUT2D eigenvalue weighted by Crippen LogP contribution is -2.35. The van der Waals surface area contributed by atoms with Crippen molar-refractivity contribution in [2.45, 2.75) is 11.6 Å². The third-order valence-corrected chi connectivity index (χ3v) is 3.28. The van der Waals surface area contributed by atoms with Crippen LogP contribution in [-0.4, -0.2) is 57.9 Å². The first kappa shape index (κ1) is 11.4. The first-order valence-electron chi connectivity index (χ1n) is 5.33. The molecule has 0 unspecified atom stereocenters. The van der Waals surface area contributed by atoms with Crippen molar-refractivity contribution < 1.29 is 4.79 Å². The average Bonchev–Trinajstić information content (AvgIpc) is 2.66. The molecule has 0 spiro atoms. The van der Waals surface area contributed by atoms with Gasteiger partial charge in [0, 0.05) is 19.6 Å². The summed E-state index contributed by atoms with van der Waals surface area (Å²) in [6, 6.07) is 0. The fourth-order valence-corrected chi connectivity index (χ4v) is 2.26. The fourth-order valence-electron chi connectivity index (χ4n) is 1.58. The molecule has 88 valence electrons. The van der Waals surface area contributed by atoms with Crippen LogP contribution in [0, 0.1) is 0 Å². The number of hydrogen-bond acceptors (Lipinski definition) is 5. The number of aromatic amines is 1. The average molecular weight is 241 g/mol. The largest absolute Gasteiger partial charge is 0.341 e. The molecule has 16 heavy (non-hydrogen) atoms. The summed E-state index contributed by atoms with van der Waals surface area (Å²) >= 11 is 1.39. The van der Waals surface area contributed by atoms with E-state index in [0.717, 1.165) is 32.6 Å². The van der Waals surface area contributed by atoms with Crippen LogP contribution >= 0.6 is 11.8 Å². The lowest BCUT2D eigenvalue weighted by molar-refractivity contribution is -0.128. The Balaban J connectivity index is 1.78. The van der Waals surface area contributed by atoms with Gasteiger partial charge < -0.3 is 10.2 Å². The van der Waals surface area contributed by atoms with Gasteiger partial charge in [-0.2, -0.15) is 5.10 Å². The molecule has 1 saturated heterocycles. The van der Waals surface area contributed by atoms with E-state index in [9.17, 15) is 4.79 Å². The highest BCUT2D eigenvalue weighted by molar-refractivity contribution is 7.99. The Morgan fingerprint density at radius 2 is 2.44 bits per heavy atom. The van der Waals surface area contributed by atoms with E-state index in [4.69, 9.17) is 0 Å². The molecule has 0 aliphatic carbocycles. The summed E-state index contributed by atoms with van der Waals surface area (Å²) in [4.78, 5) is 17.7. The molecule has 1 aliphatic heterocycles. The first-order chi connectivity index (χ1) is 7.86. The molecule has 0 saturated carbocycles. The van der Waals surface area contributed by atoms with E-state index in [1.165, 1.54) is 18.1 Å².